The second-order valence-electron chi connectivity index (χ2n) is 5.91. The normalized spacial score (nSPS) is 27.7. The van der Waals surface area contributed by atoms with E-state index in [1.807, 2.05) is 18.2 Å². The first-order chi connectivity index (χ1) is 9.22. The van der Waals surface area contributed by atoms with Gasteiger partial charge in [-0.2, -0.15) is 0 Å². The molecule has 1 aliphatic heterocycles. The number of hydrogen-bond donors (Lipinski definition) is 1. The van der Waals surface area contributed by atoms with E-state index in [1.165, 1.54) is 32.1 Å². The molecule has 1 N–H and O–H groups in total. The van der Waals surface area contributed by atoms with Crippen LogP contribution in [0.4, 0.5) is 0 Å². The first kappa shape index (κ1) is 13.4. The molecule has 0 spiro atoms. The van der Waals surface area contributed by atoms with Crippen molar-refractivity contribution in [1.29, 1.82) is 0 Å². The van der Waals surface area contributed by atoms with Crippen LogP contribution in [0.25, 0.3) is 0 Å². The lowest BCUT2D eigenvalue weighted by atomic mass is 9.83. The van der Waals surface area contributed by atoms with Crippen LogP contribution >= 0.6 is 15.9 Å². The molecule has 1 heterocycles. The third kappa shape index (κ3) is 3.14. The van der Waals surface area contributed by atoms with Crippen molar-refractivity contribution in [3.05, 3.63) is 28.2 Å². The number of rotatable bonds is 2. The van der Waals surface area contributed by atoms with Crippen molar-refractivity contribution in [3.8, 4) is 5.75 Å². The highest BCUT2D eigenvalue weighted by molar-refractivity contribution is 9.10. The number of benzene rings is 1. The van der Waals surface area contributed by atoms with Crippen LogP contribution in [0.3, 0.4) is 0 Å². The van der Waals surface area contributed by atoms with Gasteiger partial charge in [0.1, 0.15) is 11.9 Å². The first-order valence-corrected chi connectivity index (χ1v) is 8.16. The van der Waals surface area contributed by atoms with Crippen LogP contribution in [0.2, 0.25) is 0 Å². The summed E-state index contributed by atoms with van der Waals surface area (Å²) in [4.78, 5) is 0. The summed E-state index contributed by atoms with van der Waals surface area (Å²) in [6.07, 6.45) is 8.44. The zero-order valence-electron chi connectivity index (χ0n) is 11.1. The zero-order chi connectivity index (χ0) is 13.2. The van der Waals surface area contributed by atoms with Crippen molar-refractivity contribution in [3.63, 3.8) is 0 Å². The average Bonchev–Trinajstić information content (AvgIpc) is 2.41. The predicted molar refractivity (Wildman–Crippen MR) is 79.3 cm³/mol. The second kappa shape index (κ2) is 5.84. The molecule has 3 rings (SSSR count). The largest absolute Gasteiger partial charge is 0.490 e. The molecule has 0 bridgehead atoms. The molecule has 2 aliphatic rings. The number of ether oxygens (including phenoxy) is 1. The Morgan fingerprint density at radius 3 is 2.79 bits per heavy atom. The van der Waals surface area contributed by atoms with E-state index in [2.05, 4.69) is 15.9 Å². The van der Waals surface area contributed by atoms with Crippen LogP contribution in [-0.4, -0.2) is 11.2 Å². The molecule has 0 saturated heterocycles. The van der Waals surface area contributed by atoms with Gasteiger partial charge >= 0.3 is 0 Å². The van der Waals surface area contributed by atoms with E-state index >= 15 is 0 Å². The maximum Gasteiger partial charge on any atom is 0.125 e. The predicted octanol–water partition coefficient (Wildman–Crippen LogP) is 4.60. The van der Waals surface area contributed by atoms with Gasteiger partial charge in [-0.25, -0.2) is 0 Å². The van der Waals surface area contributed by atoms with Crippen molar-refractivity contribution in [2.75, 3.05) is 0 Å². The SMILES string of the molecule is OC1CC(CC2CCCCC2)Oc2ccc(Br)cc21. The van der Waals surface area contributed by atoms with Gasteiger partial charge in [-0.3, -0.25) is 0 Å². The number of fused-ring (bicyclic) bond motifs is 1. The van der Waals surface area contributed by atoms with Gasteiger partial charge in [0.25, 0.3) is 0 Å². The smallest absolute Gasteiger partial charge is 0.125 e. The summed E-state index contributed by atoms with van der Waals surface area (Å²) < 4.78 is 7.08. The van der Waals surface area contributed by atoms with Gasteiger partial charge in [0.05, 0.1) is 6.10 Å². The van der Waals surface area contributed by atoms with Gasteiger partial charge in [0, 0.05) is 16.5 Å². The topological polar surface area (TPSA) is 29.5 Å². The minimum absolute atomic E-state index is 0.187. The first-order valence-electron chi connectivity index (χ1n) is 7.36. The number of hydrogen-bond acceptors (Lipinski definition) is 2. The van der Waals surface area contributed by atoms with Gasteiger partial charge < -0.3 is 9.84 Å². The van der Waals surface area contributed by atoms with Gasteiger partial charge in [-0.15, -0.1) is 0 Å². The van der Waals surface area contributed by atoms with Gasteiger partial charge in [0.15, 0.2) is 0 Å². The van der Waals surface area contributed by atoms with Crippen molar-refractivity contribution in [1.82, 2.24) is 0 Å². The molecule has 1 aromatic rings. The third-order valence-electron chi connectivity index (χ3n) is 4.43. The fourth-order valence-corrected chi connectivity index (χ4v) is 3.81. The molecule has 3 heteroatoms. The highest BCUT2D eigenvalue weighted by atomic mass is 79.9. The monoisotopic (exact) mass is 324 g/mol. The molecule has 1 aromatic carbocycles. The molecular weight excluding hydrogens is 304 g/mol. The highest BCUT2D eigenvalue weighted by Gasteiger charge is 2.29. The average molecular weight is 325 g/mol. The Balaban J connectivity index is 1.68. The van der Waals surface area contributed by atoms with E-state index in [0.717, 1.165) is 34.5 Å². The Kier molecular flexibility index (Phi) is 4.13. The van der Waals surface area contributed by atoms with Gasteiger partial charge in [-0.05, 0) is 30.5 Å². The lowest BCUT2D eigenvalue weighted by Gasteiger charge is -2.33. The van der Waals surface area contributed by atoms with Crippen LogP contribution < -0.4 is 4.74 Å². The summed E-state index contributed by atoms with van der Waals surface area (Å²) in [6.45, 7) is 0. The fourth-order valence-electron chi connectivity index (χ4n) is 3.43. The molecule has 2 atom stereocenters. The summed E-state index contributed by atoms with van der Waals surface area (Å²) in [5.41, 5.74) is 0.925. The molecule has 19 heavy (non-hydrogen) atoms. The maximum absolute atomic E-state index is 10.3. The second-order valence-corrected chi connectivity index (χ2v) is 6.83. The summed E-state index contributed by atoms with van der Waals surface area (Å²) >= 11 is 3.45. The minimum atomic E-state index is -0.380. The fraction of sp³-hybridized carbons (Fsp3) is 0.625. The number of aliphatic hydroxyl groups is 1. The molecule has 1 fully saturated rings. The van der Waals surface area contributed by atoms with Crippen molar-refractivity contribution >= 4 is 15.9 Å². The molecule has 1 aliphatic carbocycles. The molecule has 1 saturated carbocycles. The molecular formula is C16H21BrO2. The lowest BCUT2D eigenvalue weighted by molar-refractivity contribution is 0.0494. The van der Waals surface area contributed by atoms with E-state index in [4.69, 9.17) is 4.74 Å². The Hall–Kier alpha value is -0.540. The van der Waals surface area contributed by atoms with Crippen LogP contribution in [0.15, 0.2) is 22.7 Å². The molecule has 0 radical (unpaired) electrons. The Morgan fingerprint density at radius 1 is 1.21 bits per heavy atom. The van der Waals surface area contributed by atoms with E-state index in [-0.39, 0.29) is 12.2 Å². The van der Waals surface area contributed by atoms with E-state index in [1.54, 1.807) is 0 Å². The minimum Gasteiger partial charge on any atom is -0.490 e. The lowest BCUT2D eigenvalue weighted by Crippen LogP contribution is -2.28. The van der Waals surface area contributed by atoms with Crippen molar-refractivity contribution in [2.24, 2.45) is 5.92 Å². The van der Waals surface area contributed by atoms with Crippen molar-refractivity contribution in [2.45, 2.75) is 57.2 Å². The third-order valence-corrected chi connectivity index (χ3v) is 4.92. The molecule has 2 unspecified atom stereocenters. The maximum atomic E-state index is 10.3. The Morgan fingerprint density at radius 2 is 2.00 bits per heavy atom. The molecule has 104 valence electrons. The Bertz CT molecular complexity index is 440. The van der Waals surface area contributed by atoms with Crippen molar-refractivity contribution < 1.29 is 9.84 Å². The summed E-state index contributed by atoms with van der Waals surface area (Å²) in [5, 5.41) is 10.3. The van der Waals surface area contributed by atoms with E-state index in [9.17, 15) is 5.11 Å². The van der Waals surface area contributed by atoms with Crippen LogP contribution in [0, 0.1) is 5.92 Å². The van der Waals surface area contributed by atoms with Crippen LogP contribution in [0.5, 0.6) is 5.75 Å². The quantitative estimate of drug-likeness (QED) is 0.861. The summed E-state index contributed by atoms with van der Waals surface area (Å²) in [5.74, 6) is 1.66. The van der Waals surface area contributed by atoms with Crippen LogP contribution in [-0.2, 0) is 0 Å². The zero-order valence-corrected chi connectivity index (χ0v) is 12.7. The number of halogens is 1. The molecule has 2 nitrogen and oxygen atoms in total. The van der Waals surface area contributed by atoms with E-state index < -0.39 is 0 Å². The van der Waals surface area contributed by atoms with Gasteiger partial charge in [0.2, 0.25) is 0 Å². The van der Waals surface area contributed by atoms with Crippen LogP contribution in [0.1, 0.15) is 56.6 Å². The number of aliphatic hydroxyl groups excluding tert-OH is 1. The van der Waals surface area contributed by atoms with E-state index in [0.29, 0.717) is 0 Å². The summed E-state index contributed by atoms with van der Waals surface area (Å²) in [7, 11) is 0. The standard InChI is InChI=1S/C16H21BrO2/c17-12-6-7-16-14(9-12)15(18)10-13(19-16)8-11-4-2-1-3-5-11/h6-7,9,11,13,15,18H,1-5,8,10H2. The molecule has 0 amide bonds. The molecule has 0 aromatic heterocycles. The van der Waals surface area contributed by atoms with Gasteiger partial charge in [-0.1, -0.05) is 48.0 Å². The highest BCUT2D eigenvalue weighted by Crippen LogP contribution is 2.39. The summed E-state index contributed by atoms with van der Waals surface area (Å²) in [6, 6.07) is 5.92. The Labute approximate surface area is 123 Å².